The highest BCUT2D eigenvalue weighted by atomic mass is 14.3. The van der Waals surface area contributed by atoms with Crippen LogP contribution in [0.2, 0.25) is 0 Å². The molecule has 0 aromatic rings. The van der Waals surface area contributed by atoms with E-state index in [0.29, 0.717) is 0 Å². The third kappa shape index (κ3) is 2.62. The van der Waals surface area contributed by atoms with Crippen molar-refractivity contribution in [1.29, 1.82) is 0 Å². The normalized spacial score (nSPS) is 33.8. The molecule has 0 N–H and O–H groups in total. The summed E-state index contributed by atoms with van der Waals surface area (Å²) in [5.74, 6) is 3.03. The van der Waals surface area contributed by atoms with Crippen LogP contribution < -0.4 is 0 Å². The highest BCUT2D eigenvalue weighted by molar-refractivity contribution is 4.94. The summed E-state index contributed by atoms with van der Waals surface area (Å²) < 4.78 is 0. The molecule has 14 heavy (non-hydrogen) atoms. The smallest absolute Gasteiger partial charge is 0.0234 e. The molecule has 0 amide bonds. The summed E-state index contributed by atoms with van der Waals surface area (Å²) in [7, 11) is 0. The van der Waals surface area contributed by atoms with Gasteiger partial charge in [-0.25, -0.2) is 0 Å². The van der Waals surface area contributed by atoms with Gasteiger partial charge in [-0.1, -0.05) is 38.3 Å². The third-order valence-corrected chi connectivity index (χ3v) is 4.25. The summed E-state index contributed by atoms with van der Waals surface area (Å²) in [5, 5.41) is 0. The van der Waals surface area contributed by atoms with Crippen molar-refractivity contribution in [2.24, 2.45) is 17.8 Å². The van der Waals surface area contributed by atoms with Gasteiger partial charge >= 0.3 is 0 Å². The minimum Gasteiger partial charge on any atom is -0.0880 e. The average molecular weight is 192 g/mol. The Morgan fingerprint density at radius 3 is 2.43 bits per heavy atom. The summed E-state index contributed by atoms with van der Waals surface area (Å²) >= 11 is 0. The Balaban J connectivity index is 1.63. The van der Waals surface area contributed by atoms with Crippen LogP contribution in [0.1, 0.15) is 58.3 Å². The van der Waals surface area contributed by atoms with Crippen LogP contribution in [0, 0.1) is 17.8 Å². The highest BCUT2D eigenvalue weighted by Gasteiger charge is 2.22. The summed E-state index contributed by atoms with van der Waals surface area (Å²) in [6.07, 6.45) is 16.6. The number of rotatable bonds is 4. The van der Waals surface area contributed by atoms with Gasteiger partial charge in [0.2, 0.25) is 0 Å². The minimum atomic E-state index is 0.957. The van der Waals surface area contributed by atoms with E-state index in [1.807, 2.05) is 0 Å². The first-order chi connectivity index (χ1) is 6.88. The fourth-order valence-electron chi connectivity index (χ4n) is 2.86. The molecule has 2 aliphatic rings. The molecule has 0 aromatic carbocycles. The van der Waals surface area contributed by atoms with Gasteiger partial charge in [-0.05, 0) is 49.9 Å². The van der Waals surface area contributed by atoms with Gasteiger partial charge in [-0.15, -0.1) is 0 Å². The quantitative estimate of drug-likeness (QED) is 0.573. The topological polar surface area (TPSA) is 0 Å². The van der Waals surface area contributed by atoms with E-state index in [1.165, 1.54) is 51.4 Å². The molecule has 0 bridgehead atoms. The zero-order valence-corrected chi connectivity index (χ0v) is 9.54. The highest BCUT2D eigenvalue weighted by Crippen LogP contribution is 2.35. The van der Waals surface area contributed by atoms with Crippen LogP contribution in [0.15, 0.2) is 12.2 Å². The van der Waals surface area contributed by atoms with E-state index < -0.39 is 0 Å². The van der Waals surface area contributed by atoms with E-state index in [4.69, 9.17) is 0 Å². The number of allylic oxidation sites excluding steroid dienone is 2. The van der Waals surface area contributed by atoms with Crippen LogP contribution >= 0.6 is 0 Å². The second kappa shape index (κ2) is 5.00. The molecular formula is C14H24. The summed E-state index contributed by atoms with van der Waals surface area (Å²) in [4.78, 5) is 0. The predicted molar refractivity (Wildman–Crippen MR) is 62.2 cm³/mol. The van der Waals surface area contributed by atoms with Crippen molar-refractivity contribution in [3.05, 3.63) is 12.2 Å². The lowest BCUT2D eigenvalue weighted by molar-refractivity contribution is 0.386. The molecule has 0 aromatic heterocycles. The van der Waals surface area contributed by atoms with E-state index in [0.717, 1.165) is 17.8 Å². The minimum absolute atomic E-state index is 0.957. The Morgan fingerprint density at radius 1 is 1.07 bits per heavy atom. The van der Waals surface area contributed by atoms with Gasteiger partial charge in [0, 0.05) is 0 Å². The molecule has 0 aliphatic heterocycles. The van der Waals surface area contributed by atoms with Gasteiger partial charge in [0.15, 0.2) is 0 Å². The molecule has 2 rings (SSSR count). The Bertz CT molecular complexity index is 188. The van der Waals surface area contributed by atoms with Gasteiger partial charge in [0.25, 0.3) is 0 Å². The van der Waals surface area contributed by atoms with Crippen LogP contribution in [-0.4, -0.2) is 0 Å². The maximum atomic E-state index is 2.49. The Labute approximate surface area is 88.8 Å². The molecule has 0 nitrogen and oxygen atoms in total. The zero-order valence-electron chi connectivity index (χ0n) is 9.54. The van der Waals surface area contributed by atoms with E-state index in [1.54, 1.807) is 0 Å². The van der Waals surface area contributed by atoms with E-state index in [2.05, 4.69) is 19.1 Å². The van der Waals surface area contributed by atoms with Gasteiger partial charge < -0.3 is 0 Å². The maximum Gasteiger partial charge on any atom is -0.0234 e. The largest absolute Gasteiger partial charge is 0.0880 e. The fourth-order valence-corrected chi connectivity index (χ4v) is 2.86. The second-order valence-electron chi connectivity index (χ2n) is 5.31. The molecule has 2 atom stereocenters. The Hall–Kier alpha value is -0.260. The first-order valence-corrected chi connectivity index (χ1v) is 6.55. The van der Waals surface area contributed by atoms with E-state index >= 15 is 0 Å². The molecule has 0 saturated heterocycles. The maximum absolute atomic E-state index is 2.49. The van der Waals surface area contributed by atoms with Gasteiger partial charge in [-0.2, -0.15) is 0 Å². The van der Waals surface area contributed by atoms with Crippen molar-refractivity contribution in [1.82, 2.24) is 0 Å². The first kappa shape index (κ1) is 10.3. The van der Waals surface area contributed by atoms with Crippen molar-refractivity contribution in [3.63, 3.8) is 0 Å². The van der Waals surface area contributed by atoms with Crippen LogP contribution in [-0.2, 0) is 0 Å². The lowest BCUT2D eigenvalue weighted by atomic mass is 9.85. The van der Waals surface area contributed by atoms with Crippen LogP contribution in [0.5, 0.6) is 0 Å². The van der Waals surface area contributed by atoms with Crippen LogP contribution in [0.4, 0.5) is 0 Å². The third-order valence-electron chi connectivity index (χ3n) is 4.25. The molecule has 0 heterocycles. The standard InChI is InChI=1S/C14H24/c1-2-12-9-10-14(11-12)8-4-7-13-5-3-6-13/h4,7,12-14H,2-3,5-6,8-11H2,1H3/b7-4-. The lowest BCUT2D eigenvalue weighted by Crippen LogP contribution is -2.07. The summed E-state index contributed by atoms with van der Waals surface area (Å²) in [6.45, 7) is 2.34. The summed E-state index contributed by atoms with van der Waals surface area (Å²) in [5.41, 5.74) is 0. The molecule has 80 valence electrons. The molecular weight excluding hydrogens is 168 g/mol. The zero-order chi connectivity index (χ0) is 9.80. The van der Waals surface area contributed by atoms with Crippen molar-refractivity contribution < 1.29 is 0 Å². The van der Waals surface area contributed by atoms with Gasteiger partial charge in [0.1, 0.15) is 0 Å². The Kier molecular flexibility index (Phi) is 3.67. The molecule has 0 heteroatoms. The van der Waals surface area contributed by atoms with E-state index in [-0.39, 0.29) is 0 Å². The fraction of sp³-hybridized carbons (Fsp3) is 0.857. The lowest BCUT2D eigenvalue weighted by Gasteiger charge is -2.21. The second-order valence-corrected chi connectivity index (χ2v) is 5.31. The summed E-state index contributed by atoms with van der Waals surface area (Å²) in [6, 6.07) is 0. The molecule has 0 spiro atoms. The number of hydrogen-bond donors (Lipinski definition) is 0. The number of hydrogen-bond acceptors (Lipinski definition) is 0. The molecule has 2 unspecified atom stereocenters. The SMILES string of the molecule is CCC1CCC(C/C=C\C2CCC2)C1. The molecule has 2 fully saturated rings. The first-order valence-electron chi connectivity index (χ1n) is 6.55. The van der Waals surface area contributed by atoms with Crippen molar-refractivity contribution in [2.45, 2.75) is 58.3 Å². The monoisotopic (exact) mass is 192 g/mol. The van der Waals surface area contributed by atoms with Gasteiger partial charge in [0.05, 0.1) is 0 Å². The van der Waals surface area contributed by atoms with E-state index in [9.17, 15) is 0 Å². The van der Waals surface area contributed by atoms with Crippen molar-refractivity contribution in [3.8, 4) is 0 Å². The van der Waals surface area contributed by atoms with Crippen molar-refractivity contribution in [2.75, 3.05) is 0 Å². The predicted octanol–water partition coefficient (Wildman–Crippen LogP) is 4.56. The average Bonchev–Trinajstić information content (AvgIpc) is 2.57. The molecule has 2 saturated carbocycles. The van der Waals surface area contributed by atoms with Crippen LogP contribution in [0.25, 0.3) is 0 Å². The van der Waals surface area contributed by atoms with Gasteiger partial charge in [-0.3, -0.25) is 0 Å². The molecule has 0 radical (unpaired) electrons. The Morgan fingerprint density at radius 2 is 1.86 bits per heavy atom. The molecule has 2 aliphatic carbocycles. The van der Waals surface area contributed by atoms with Crippen molar-refractivity contribution >= 4 is 0 Å². The van der Waals surface area contributed by atoms with Crippen LogP contribution in [0.3, 0.4) is 0 Å².